The van der Waals surface area contributed by atoms with E-state index in [0.29, 0.717) is 0 Å². The predicted octanol–water partition coefficient (Wildman–Crippen LogP) is -1.05. The summed E-state index contributed by atoms with van der Waals surface area (Å²) in [5.41, 5.74) is 5.34. The highest BCUT2D eigenvalue weighted by atomic mass is 16.6. The van der Waals surface area contributed by atoms with E-state index in [1.165, 1.54) is 0 Å². The second kappa shape index (κ2) is 6.10. The van der Waals surface area contributed by atoms with Crippen molar-refractivity contribution in [2.45, 2.75) is 37.8 Å². The molecule has 1 fully saturated rings. The van der Waals surface area contributed by atoms with Crippen molar-refractivity contribution in [2.24, 2.45) is 5.73 Å². The summed E-state index contributed by atoms with van der Waals surface area (Å²) in [6, 6.07) is -1.19. The quantitative estimate of drug-likeness (QED) is 0.472. The van der Waals surface area contributed by atoms with Crippen LogP contribution in [0.4, 0.5) is 0 Å². The SMILES string of the molecule is NC(CCC(=O)O)C(=O)OC(=O)C1CCC(=O)O1. The molecule has 0 aromatic carbocycles. The Balaban J connectivity index is 2.37. The smallest absolute Gasteiger partial charge is 0.355 e. The topological polar surface area (TPSA) is 133 Å². The second-order valence-electron chi connectivity index (χ2n) is 3.80. The number of ether oxygens (including phenoxy) is 2. The van der Waals surface area contributed by atoms with Gasteiger partial charge in [0, 0.05) is 19.3 Å². The van der Waals surface area contributed by atoms with Gasteiger partial charge >= 0.3 is 23.9 Å². The molecule has 0 spiro atoms. The van der Waals surface area contributed by atoms with Crippen LogP contribution in [-0.4, -0.2) is 41.1 Å². The molecule has 8 heteroatoms. The van der Waals surface area contributed by atoms with Crippen LogP contribution in [0, 0.1) is 0 Å². The molecule has 0 aromatic heterocycles. The molecule has 1 saturated heterocycles. The van der Waals surface area contributed by atoms with Gasteiger partial charge in [-0.25, -0.2) is 9.59 Å². The number of cyclic esters (lactones) is 1. The van der Waals surface area contributed by atoms with Crippen LogP contribution in [-0.2, 0) is 28.7 Å². The first-order valence-corrected chi connectivity index (χ1v) is 5.32. The van der Waals surface area contributed by atoms with Gasteiger partial charge in [-0.2, -0.15) is 0 Å². The number of carbonyl (C=O) groups is 4. The van der Waals surface area contributed by atoms with Crippen molar-refractivity contribution in [1.29, 1.82) is 0 Å². The fourth-order valence-electron chi connectivity index (χ4n) is 1.33. The molecule has 18 heavy (non-hydrogen) atoms. The van der Waals surface area contributed by atoms with Crippen molar-refractivity contribution in [1.82, 2.24) is 0 Å². The number of hydrogen-bond acceptors (Lipinski definition) is 7. The van der Waals surface area contributed by atoms with E-state index in [2.05, 4.69) is 9.47 Å². The van der Waals surface area contributed by atoms with Gasteiger partial charge in [-0.15, -0.1) is 0 Å². The second-order valence-corrected chi connectivity index (χ2v) is 3.80. The maximum Gasteiger partial charge on any atom is 0.355 e. The summed E-state index contributed by atoms with van der Waals surface area (Å²) in [7, 11) is 0. The third-order valence-electron chi connectivity index (χ3n) is 2.32. The summed E-state index contributed by atoms with van der Waals surface area (Å²) in [5.74, 6) is -3.63. The van der Waals surface area contributed by atoms with Gasteiger partial charge < -0.3 is 20.3 Å². The molecule has 1 heterocycles. The Hall–Kier alpha value is -1.96. The van der Waals surface area contributed by atoms with Gasteiger partial charge in [0.15, 0.2) is 6.10 Å². The highest BCUT2D eigenvalue weighted by Crippen LogP contribution is 2.15. The number of carbonyl (C=O) groups excluding carboxylic acids is 3. The standard InChI is InChI=1S/C10H13NO7/c11-5(1-3-7(12)13)9(15)18-10(16)6-2-4-8(14)17-6/h5-6H,1-4,11H2,(H,12,13). The summed E-state index contributed by atoms with van der Waals surface area (Å²) in [5, 5.41) is 8.40. The van der Waals surface area contributed by atoms with Gasteiger partial charge in [-0.3, -0.25) is 9.59 Å². The molecule has 8 nitrogen and oxygen atoms in total. The van der Waals surface area contributed by atoms with Crippen molar-refractivity contribution in [3.05, 3.63) is 0 Å². The lowest BCUT2D eigenvalue weighted by atomic mass is 10.2. The largest absolute Gasteiger partial charge is 0.481 e. The normalized spacial score (nSPS) is 20.1. The lowest BCUT2D eigenvalue weighted by Gasteiger charge is -2.11. The number of hydrogen-bond donors (Lipinski definition) is 2. The van der Waals surface area contributed by atoms with Crippen molar-refractivity contribution >= 4 is 23.9 Å². The molecule has 0 aromatic rings. The van der Waals surface area contributed by atoms with Gasteiger partial charge in [0.2, 0.25) is 0 Å². The minimum Gasteiger partial charge on any atom is -0.481 e. The monoisotopic (exact) mass is 259 g/mol. The first kappa shape index (κ1) is 14.1. The molecule has 1 aliphatic heterocycles. The van der Waals surface area contributed by atoms with E-state index in [-0.39, 0.29) is 25.7 Å². The first-order valence-electron chi connectivity index (χ1n) is 5.32. The van der Waals surface area contributed by atoms with Crippen LogP contribution in [0.3, 0.4) is 0 Å². The van der Waals surface area contributed by atoms with Crippen molar-refractivity contribution in [3.63, 3.8) is 0 Å². The van der Waals surface area contributed by atoms with Gasteiger partial charge in [0.1, 0.15) is 6.04 Å². The molecule has 0 amide bonds. The third-order valence-corrected chi connectivity index (χ3v) is 2.32. The molecule has 0 aliphatic carbocycles. The maximum absolute atomic E-state index is 11.4. The fraction of sp³-hybridized carbons (Fsp3) is 0.600. The number of aliphatic carboxylic acids is 1. The maximum atomic E-state index is 11.4. The zero-order chi connectivity index (χ0) is 13.7. The minimum atomic E-state index is -1.19. The molecule has 2 atom stereocenters. The Bertz CT molecular complexity index is 378. The molecule has 1 aliphatic rings. The highest BCUT2D eigenvalue weighted by molar-refractivity contribution is 5.92. The number of nitrogens with two attached hydrogens (primary N) is 1. The lowest BCUT2D eigenvalue weighted by Crippen LogP contribution is -2.37. The van der Waals surface area contributed by atoms with Gasteiger partial charge in [0.25, 0.3) is 0 Å². The van der Waals surface area contributed by atoms with Crippen molar-refractivity contribution in [2.75, 3.05) is 0 Å². The van der Waals surface area contributed by atoms with E-state index in [4.69, 9.17) is 10.8 Å². The average Bonchev–Trinajstić information content (AvgIpc) is 2.72. The Labute approximate surface area is 102 Å². The summed E-state index contributed by atoms with van der Waals surface area (Å²) < 4.78 is 9.01. The van der Waals surface area contributed by atoms with Crippen LogP contribution in [0.15, 0.2) is 0 Å². The van der Waals surface area contributed by atoms with Crippen LogP contribution >= 0.6 is 0 Å². The van der Waals surface area contributed by atoms with Crippen LogP contribution < -0.4 is 5.73 Å². The summed E-state index contributed by atoms with van der Waals surface area (Å²) in [4.78, 5) is 43.7. The zero-order valence-corrected chi connectivity index (χ0v) is 9.46. The Morgan fingerprint density at radius 3 is 2.67 bits per heavy atom. The van der Waals surface area contributed by atoms with Crippen LogP contribution in [0.25, 0.3) is 0 Å². The van der Waals surface area contributed by atoms with E-state index in [1.54, 1.807) is 0 Å². The summed E-state index contributed by atoms with van der Waals surface area (Å²) in [6.07, 6.45) is -1.25. The zero-order valence-electron chi connectivity index (χ0n) is 9.46. The highest BCUT2D eigenvalue weighted by Gasteiger charge is 2.33. The number of carboxylic acids is 1. The number of esters is 3. The predicted molar refractivity (Wildman–Crippen MR) is 55.1 cm³/mol. The van der Waals surface area contributed by atoms with Crippen LogP contribution in [0.1, 0.15) is 25.7 Å². The number of rotatable bonds is 5. The molecule has 3 N–H and O–H groups in total. The molecular formula is C10H13NO7. The van der Waals surface area contributed by atoms with Crippen LogP contribution in [0.5, 0.6) is 0 Å². The lowest BCUT2D eigenvalue weighted by molar-refractivity contribution is -0.170. The fourth-order valence-corrected chi connectivity index (χ4v) is 1.33. The Kier molecular flexibility index (Phi) is 4.78. The van der Waals surface area contributed by atoms with E-state index in [0.717, 1.165) is 0 Å². The van der Waals surface area contributed by atoms with Gasteiger partial charge in [-0.1, -0.05) is 0 Å². The Morgan fingerprint density at radius 2 is 2.17 bits per heavy atom. The van der Waals surface area contributed by atoms with Gasteiger partial charge in [0.05, 0.1) is 0 Å². The molecule has 0 saturated carbocycles. The molecule has 0 radical (unpaired) electrons. The van der Waals surface area contributed by atoms with E-state index < -0.39 is 36.0 Å². The van der Waals surface area contributed by atoms with Crippen molar-refractivity contribution < 1.29 is 33.8 Å². The molecular weight excluding hydrogens is 246 g/mol. The van der Waals surface area contributed by atoms with E-state index >= 15 is 0 Å². The van der Waals surface area contributed by atoms with Crippen molar-refractivity contribution in [3.8, 4) is 0 Å². The third kappa shape index (κ3) is 4.13. The van der Waals surface area contributed by atoms with Crippen LogP contribution in [0.2, 0.25) is 0 Å². The van der Waals surface area contributed by atoms with Gasteiger partial charge in [-0.05, 0) is 6.42 Å². The molecule has 1 rings (SSSR count). The molecule has 0 bridgehead atoms. The Morgan fingerprint density at radius 1 is 1.50 bits per heavy atom. The van der Waals surface area contributed by atoms with E-state index in [1.807, 2.05) is 0 Å². The molecule has 2 unspecified atom stereocenters. The average molecular weight is 259 g/mol. The van der Waals surface area contributed by atoms with E-state index in [9.17, 15) is 19.2 Å². The summed E-state index contributed by atoms with van der Waals surface area (Å²) in [6.45, 7) is 0. The minimum absolute atomic E-state index is 0.0963. The molecule has 100 valence electrons. The summed E-state index contributed by atoms with van der Waals surface area (Å²) >= 11 is 0. The first-order chi connectivity index (χ1) is 8.40. The number of carboxylic acid groups (broad SMARTS) is 1.